The molecule has 0 aliphatic heterocycles. The number of hydrogen-bond donors (Lipinski definition) is 1. The standard InChI is InChI=1S/C14H21NS/c1-10-3-6-14(9-11(10)2)16-13-7-4-12(15)5-8-13/h3,6,9,12-13H,4-5,7-8,15H2,1-2H3. The lowest BCUT2D eigenvalue weighted by Gasteiger charge is -2.25. The van der Waals surface area contributed by atoms with Crippen molar-refractivity contribution in [2.24, 2.45) is 5.73 Å². The van der Waals surface area contributed by atoms with Crippen LogP contribution >= 0.6 is 11.8 Å². The van der Waals surface area contributed by atoms with Gasteiger partial charge in [-0.3, -0.25) is 0 Å². The van der Waals surface area contributed by atoms with Crippen LogP contribution in [0.4, 0.5) is 0 Å². The maximum Gasteiger partial charge on any atom is 0.00955 e. The fourth-order valence-corrected chi connectivity index (χ4v) is 3.47. The molecule has 0 bridgehead atoms. The highest BCUT2D eigenvalue weighted by Crippen LogP contribution is 2.33. The Labute approximate surface area is 103 Å². The van der Waals surface area contributed by atoms with Crippen molar-refractivity contribution in [3.8, 4) is 0 Å². The summed E-state index contributed by atoms with van der Waals surface area (Å²) in [4.78, 5) is 1.42. The SMILES string of the molecule is Cc1ccc(SC2CCC(N)CC2)cc1C. The van der Waals surface area contributed by atoms with Crippen LogP contribution in [-0.2, 0) is 0 Å². The summed E-state index contributed by atoms with van der Waals surface area (Å²) in [7, 11) is 0. The van der Waals surface area contributed by atoms with Crippen LogP contribution < -0.4 is 5.73 Å². The second-order valence-corrected chi connectivity index (χ2v) is 6.27. The van der Waals surface area contributed by atoms with Crippen LogP contribution in [0.15, 0.2) is 23.1 Å². The summed E-state index contributed by atoms with van der Waals surface area (Å²) in [6, 6.07) is 7.25. The summed E-state index contributed by atoms with van der Waals surface area (Å²) in [5.41, 5.74) is 8.71. The Morgan fingerprint density at radius 2 is 1.75 bits per heavy atom. The van der Waals surface area contributed by atoms with E-state index in [0.29, 0.717) is 6.04 Å². The van der Waals surface area contributed by atoms with Crippen molar-refractivity contribution < 1.29 is 0 Å². The van der Waals surface area contributed by atoms with Gasteiger partial charge < -0.3 is 5.73 Å². The van der Waals surface area contributed by atoms with E-state index < -0.39 is 0 Å². The molecule has 0 radical (unpaired) electrons. The third-order valence-corrected chi connectivity index (χ3v) is 4.83. The van der Waals surface area contributed by atoms with Gasteiger partial charge in [0.2, 0.25) is 0 Å². The zero-order valence-electron chi connectivity index (χ0n) is 10.2. The Hall–Kier alpha value is -0.470. The summed E-state index contributed by atoms with van der Waals surface area (Å²) in [5.74, 6) is 0. The maximum absolute atomic E-state index is 5.93. The van der Waals surface area contributed by atoms with Gasteiger partial charge in [0.15, 0.2) is 0 Å². The van der Waals surface area contributed by atoms with E-state index in [2.05, 4.69) is 32.0 Å². The van der Waals surface area contributed by atoms with Gasteiger partial charge >= 0.3 is 0 Å². The Kier molecular flexibility index (Phi) is 3.93. The number of thioether (sulfide) groups is 1. The molecule has 0 spiro atoms. The van der Waals surface area contributed by atoms with Gasteiger partial charge in [-0.05, 0) is 62.8 Å². The number of aryl methyl sites for hydroxylation is 2. The van der Waals surface area contributed by atoms with Gasteiger partial charge in [0, 0.05) is 16.2 Å². The zero-order valence-corrected chi connectivity index (χ0v) is 11.0. The number of rotatable bonds is 2. The molecule has 0 saturated heterocycles. The minimum atomic E-state index is 0.455. The predicted octanol–water partition coefficient (Wildman–Crippen LogP) is 3.67. The number of benzene rings is 1. The molecule has 0 atom stereocenters. The molecule has 1 saturated carbocycles. The van der Waals surface area contributed by atoms with E-state index in [1.54, 1.807) is 0 Å². The van der Waals surface area contributed by atoms with Crippen LogP contribution in [0.5, 0.6) is 0 Å². The van der Waals surface area contributed by atoms with Gasteiger partial charge in [0.25, 0.3) is 0 Å². The number of nitrogens with two attached hydrogens (primary N) is 1. The molecule has 2 heteroatoms. The van der Waals surface area contributed by atoms with Crippen molar-refractivity contribution in [2.45, 2.75) is 55.7 Å². The normalized spacial score (nSPS) is 25.7. The molecule has 2 rings (SSSR count). The first kappa shape index (κ1) is 12.0. The lowest BCUT2D eigenvalue weighted by Crippen LogP contribution is -2.27. The van der Waals surface area contributed by atoms with Crippen LogP contribution in [0.2, 0.25) is 0 Å². The van der Waals surface area contributed by atoms with Crippen molar-refractivity contribution in [1.29, 1.82) is 0 Å². The molecule has 2 N–H and O–H groups in total. The van der Waals surface area contributed by atoms with Crippen LogP contribution in [0.25, 0.3) is 0 Å². The average Bonchev–Trinajstić information content (AvgIpc) is 2.27. The van der Waals surface area contributed by atoms with Gasteiger partial charge in [-0.25, -0.2) is 0 Å². The Balaban J connectivity index is 1.96. The minimum Gasteiger partial charge on any atom is -0.328 e. The molecule has 1 aliphatic rings. The van der Waals surface area contributed by atoms with Gasteiger partial charge in [-0.15, -0.1) is 11.8 Å². The van der Waals surface area contributed by atoms with Crippen molar-refractivity contribution in [3.63, 3.8) is 0 Å². The molecule has 0 aromatic heterocycles. The zero-order chi connectivity index (χ0) is 11.5. The fraction of sp³-hybridized carbons (Fsp3) is 0.571. The van der Waals surface area contributed by atoms with Crippen LogP contribution in [-0.4, -0.2) is 11.3 Å². The first-order chi connectivity index (χ1) is 7.65. The van der Waals surface area contributed by atoms with Gasteiger partial charge in [-0.2, -0.15) is 0 Å². The second-order valence-electron chi connectivity index (χ2n) is 4.90. The minimum absolute atomic E-state index is 0.455. The molecule has 1 aliphatic carbocycles. The lowest BCUT2D eigenvalue weighted by atomic mass is 9.96. The van der Waals surface area contributed by atoms with Crippen molar-refractivity contribution in [3.05, 3.63) is 29.3 Å². The first-order valence-electron chi connectivity index (χ1n) is 6.14. The molecule has 1 fully saturated rings. The first-order valence-corrected chi connectivity index (χ1v) is 7.02. The smallest absolute Gasteiger partial charge is 0.00955 e. The van der Waals surface area contributed by atoms with E-state index in [1.807, 2.05) is 11.8 Å². The third kappa shape index (κ3) is 3.02. The lowest BCUT2D eigenvalue weighted by molar-refractivity contribution is 0.451. The maximum atomic E-state index is 5.93. The second kappa shape index (κ2) is 5.24. The molecule has 1 aromatic rings. The fourth-order valence-electron chi connectivity index (χ4n) is 2.19. The summed E-state index contributed by atoms with van der Waals surface area (Å²) in [5, 5.41) is 0.780. The van der Waals surface area contributed by atoms with E-state index in [0.717, 1.165) is 5.25 Å². The highest BCUT2D eigenvalue weighted by molar-refractivity contribution is 8.00. The van der Waals surface area contributed by atoms with Crippen molar-refractivity contribution >= 4 is 11.8 Å². The van der Waals surface area contributed by atoms with E-state index in [-0.39, 0.29) is 0 Å². The highest BCUT2D eigenvalue weighted by Gasteiger charge is 2.19. The van der Waals surface area contributed by atoms with Gasteiger partial charge in [-0.1, -0.05) is 6.07 Å². The predicted molar refractivity (Wildman–Crippen MR) is 72.0 cm³/mol. The topological polar surface area (TPSA) is 26.0 Å². The average molecular weight is 235 g/mol. The van der Waals surface area contributed by atoms with Crippen LogP contribution in [0.1, 0.15) is 36.8 Å². The quantitative estimate of drug-likeness (QED) is 0.846. The molecular weight excluding hydrogens is 214 g/mol. The van der Waals surface area contributed by atoms with E-state index in [1.165, 1.54) is 41.7 Å². The molecule has 0 amide bonds. The Morgan fingerprint density at radius 3 is 2.38 bits per heavy atom. The molecule has 0 heterocycles. The highest BCUT2D eigenvalue weighted by atomic mass is 32.2. The molecule has 88 valence electrons. The largest absolute Gasteiger partial charge is 0.328 e. The number of hydrogen-bond acceptors (Lipinski definition) is 2. The van der Waals surface area contributed by atoms with Gasteiger partial charge in [0.05, 0.1) is 0 Å². The molecule has 1 aromatic carbocycles. The summed E-state index contributed by atoms with van der Waals surface area (Å²) in [6.45, 7) is 4.36. The molecule has 1 nitrogen and oxygen atoms in total. The summed E-state index contributed by atoms with van der Waals surface area (Å²) < 4.78 is 0. The Morgan fingerprint density at radius 1 is 1.06 bits per heavy atom. The molecule has 0 unspecified atom stereocenters. The Bertz CT molecular complexity index is 354. The third-order valence-electron chi connectivity index (χ3n) is 3.50. The molecular formula is C14H21NS. The van der Waals surface area contributed by atoms with Crippen LogP contribution in [0.3, 0.4) is 0 Å². The van der Waals surface area contributed by atoms with E-state index in [4.69, 9.17) is 5.73 Å². The van der Waals surface area contributed by atoms with Gasteiger partial charge in [0.1, 0.15) is 0 Å². The van der Waals surface area contributed by atoms with Crippen LogP contribution in [0, 0.1) is 13.8 Å². The van der Waals surface area contributed by atoms with E-state index in [9.17, 15) is 0 Å². The summed E-state index contributed by atoms with van der Waals surface area (Å²) >= 11 is 2.03. The van der Waals surface area contributed by atoms with E-state index >= 15 is 0 Å². The van der Waals surface area contributed by atoms with Crippen molar-refractivity contribution in [1.82, 2.24) is 0 Å². The van der Waals surface area contributed by atoms with Crippen molar-refractivity contribution in [2.75, 3.05) is 0 Å². The monoisotopic (exact) mass is 235 g/mol. The molecule has 16 heavy (non-hydrogen) atoms. The summed E-state index contributed by atoms with van der Waals surface area (Å²) in [6.07, 6.45) is 4.95.